The van der Waals surface area contributed by atoms with E-state index in [2.05, 4.69) is 23.6 Å². The predicted molar refractivity (Wildman–Crippen MR) is 121 cm³/mol. The molecule has 0 aliphatic heterocycles. The number of anilines is 1. The van der Waals surface area contributed by atoms with Crippen molar-refractivity contribution in [2.24, 2.45) is 0 Å². The highest BCUT2D eigenvalue weighted by molar-refractivity contribution is 5.90. The number of benzene rings is 1. The fourth-order valence-corrected chi connectivity index (χ4v) is 3.19. The monoisotopic (exact) mass is 436 g/mol. The normalized spacial score (nSPS) is 10.7. The fourth-order valence-electron chi connectivity index (χ4n) is 3.19. The second-order valence-electron chi connectivity index (χ2n) is 7.20. The molecule has 32 heavy (non-hydrogen) atoms. The number of carbonyl (C=O) groups is 1. The number of hydrogen-bond acceptors (Lipinski definition) is 5. The number of nitrogens with one attached hydrogen (secondary N) is 1. The van der Waals surface area contributed by atoms with Gasteiger partial charge in [-0.3, -0.25) is 4.79 Å². The van der Waals surface area contributed by atoms with Crippen molar-refractivity contribution in [2.45, 2.75) is 33.5 Å². The summed E-state index contributed by atoms with van der Waals surface area (Å²) in [5, 5.41) is 7.09. The Balaban J connectivity index is 1.97. The van der Waals surface area contributed by atoms with Crippen LogP contribution in [0.4, 0.5) is 5.82 Å². The fraction of sp³-hybridized carbons (Fsp3) is 0.227. The Morgan fingerprint density at radius 2 is 1.47 bits per heavy atom. The first kappa shape index (κ1) is 22.5. The first-order valence-electron chi connectivity index (χ1n) is 9.86. The number of hydrogen-bond donors (Lipinski definition) is 1. The molecule has 2 aromatic heterocycles. The molecule has 2 heterocycles. The van der Waals surface area contributed by atoms with Crippen LogP contribution in [0.1, 0.15) is 11.3 Å². The summed E-state index contributed by atoms with van der Waals surface area (Å²) >= 11 is 0. The van der Waals surface area contributed by atoms with Crippen molar-refractivity contribution in [1.82, 2.24) is 23.5 Å². The van der Waals surface area contributed by atoms with Crippen LogP contribution in [0.25, 0.3) is 5.69 Å². The number of allylic oxidation sites excluding steroid dienone is 2. The third kappa shape index (κ3) is 4.43. The molecule has 0 bridgehead atoms. The number of amides is 1. The maximum atomic E-state index is 12.8. The molecule has 1 amide bonds. The van der Waals surface area contributed by atoms with E-state index in [-0.39, 0.29) is 13.1 Å². The Bertz CT molecular complexity index is 1310. The average Bonchev–Trinajstić information content (AvgIpc) is 3.12. The van der Waals surface area contributed by atoms with Crippen LogP contribution >= 0.6 is 0 Å². The zero-order valence-corrected chi connectivity index (χ0v) is 17.9. The Morgan fingerprint density at radius 1 is 0.938 bits per heavy atom. The molecule has 1 N–H and O–H groups in total. The third-order valence-electron chi connectivity index (χ3n) is 4.69. The Hall–Kier alpha value is -4.21. The average molecular weight is 436 g/mol. The lowest BCUT2D eigenvalue weighted by molar-refractivity contribution is -0.116. The molecule has 0 saturated heterocycles. The summed E-state index contributed by atoms with van der Waals surface area (Å²) in [5.41, 5.74) is -0.0790. The lowest BCUT2D eigenvalue weighted by atomic mass is 10.2. The van der Waals surface area contributed by atoms with E-state index in [4.69, 9.17) is 0 Å². The van der Waals surface area contributed by atoms with Gasteiger partial charge < -0.3 is 5.32 Å². The molecule has 1 aromatic carbocycles. The summed E-state index contributed by atoms with van der Waals surface area (Å²) < 4.78 is 3.95. The minimum atomic E-state index is -0.890. The summed E-state index contributed by atoms with van der Waals surface area (Å²) in [4.78, 5) is 50.6. The highest BCUT2D eigenvalue weighted by atomic mass is 16.2. The standard InChI is InChI=1S/C22H24N6O4/c1-5-11-25-20(30)26(12-6-2)22(32)27(21(25)31)14-19(29)23-18-13-16(4)24-28(18)17-9-7-15(3)8-10-17/h5-10,13H,1-2,11-12,14H2,3-4H3,(H,23,29). The summed E-state index contributed by atoms with van der Waals surface area (Å²) in [6, 6.07) is 9.24. The molecule has 0 atom stereocenters. The number of carbonyl (C=O) groups excluding carboxylic acids is 1. The van der Waals surface area contributed by atoms with Crippen LogP contribution in [0.15, 0.2) is 70.0 Å². The molecule has 10 nitrogen and oxygen atoms in total. The van der Waals surface area contributed by atoms with E-state index in [0.717, 1.165) is 20.4 Å². The summed E-state index contributed by atoms with van der Waals surface area (Å²) in [5.74, 6) is -0.235. The number of aromatic nitrogens is 5. The van der Waals surface area contributed by atoms with E-state index in [9.17, 15) is 19.2 Å². The summed E-state index contributed by atoms with van der Waals surface area (Å²) in [7, 11) is 0. The van der Waals surface area contributed by atoms with Gasteiger partial charge in [-0.25, -0.2) is 32.8 Å². The first-order chi connectivity index (χ1) is 15.3. The topological polar surface area (TPSA) is 113 Å². The van der Waals surface area contributed by atoms with Gasteiger partial charge in [-0.1, -0.05) is 29.8 Å². The minimum absolute atomic E-state index is 0.101. The van der Waals surface area contributed by atoms with Gasteiger partial charge in [-0.15, -0.1) is 13.2 Å². The van der Waals surface area contributed by atoms with E-state index in [1.165, 1.54) is 12.2 Å². The molecule has 0 saturated carbocycles. The van der Waals surface area contributed by atoms with Crippen molar-refractivity contribution < 1.29 is 4.79 Å². The molecule has 0 spiro atoms. The van der Waals surface area contributed by atoms with Crippen molar-refractivity contribution in [2.75, 3.05) is 5.32 Å². The Morgan fingerprint density at radius 3 is 2.00 bits per heavy atom. The van der Waals surface area contributed by atoms with Crippen LogP contribution in [0, 0.1) is 13.8 Å². The quantitative estimate of drug-likeness (QED) is 0.529. The zero-order valence-electron chi connectivity index (χ0n) is 17.9. The van der Waals surface area contributed by atoms with E-state index < -0.39 is 29.5 Å². The lowest BCUT2D eigenvalue weighted by Gasteiger charge is -2.13. The van der Waals surface area contributed by atoms with Crippen LogP contribution in [-0.2, 0) is 24.4 Å². The summed E-state index contributed by atoms with van der Waals surface area (Å²) in [6.07, 6.45) is 2.72. The van der Waals surface area contributed by atoms with Gasteiger partial charge >= 0.3 is 17.1 Å². The van der Waals surface area contributed by atoms with Gasteiger partial charge in [0.15, 0.2) is 0 Å². The van der Waals surface area contributed by atoms with Gasteiger partial charge in [-0.2, -0.15) is 5.10 Å². The molecular formula is C22H24N6O4. The second-order valence-corrected chi connectivity index (χ2v) is 7.20. The Kier molecular flexibility index (Phi) is 6.53. The van der Waals surface area contributed by atoms with E-state index >= 15 is 0 Å². The van der Waals surface area contributed by atoms with Crippen molar-refractivity contribution in [3.05, 3.63) is 98.4 Å². The Labute approximate surface area is 183 Å². The van der Waals surface area contributed by atoms with E-state index in [1.54, 1.807) is 17.7 Å². The summed E-state index contributed by atoms with van der Waals surface area (Å²) in [6.45, 7) is 10.0. The van der Waals surface area contributed by atoms with Crippen LogP contribution in [0.3, 0.4) is 0 Å². The molecule has 0 radical (unpaired) electrons. The first-order valence-corrected chi connectivity index (χ1v) is 9.86. The molecule has 3 rings (SSSR count). The van der Waals surface area contributed by atoms with Crippen LogP contribution < -0.4 is 22.4 Å². The lowest BCUT2D eigenvalue weighted by Crippen LogP contribution is -2.55. The van der Waals surface area contributed by atoms with Crippen LogP contribution in [0.2, 0.25) is 0 Å². The zero-order chi connectivity index (χ0) is 23.4. The van der Waals surface area contributed by atoms with Crippen LogP contribution in [-0.4, -0.2) is 29.4 Å². The van der Waals surface area contributed by atoms with E-state index in [0.29, 0.717) is 16.1 Å². The minimum Gasteiger partial charge on any atom is -0.309 e. The van der Waals surface area contributed by atoms with Crippen LogP contribution in [0.5, 0.6) is 0 Å². The highest BCUT2D eigenvalue weighted by Gasteiger charge is 2.18. The van der Waals surface area contributed by atoms with Gasteiger partial charge in [0.05, 0.1) is 24.5 Å². The highest BCUT2D eigenvalue weighted by Crippen LogP contribution is 2.17. The van der Waals surface area contributed by atoms with Crippen molar-refractivity contribution in [3.8, 4) is 5.69 Å². The smallest absolute Gasteiger partial charge is 0.309 e. The van der Waals surface area contributed by atoms with Gasteiger partial charge in [-0.05, 0) is 26.0 Å². The molecular weight excluding hydrogens is 412 g/mol. The van der Waals surface area contributed by atoms with Gasteiger partial charge in [0, 0.05) is 6.07 Å². The van der Waals surface area contributed by atoms with Crippen molar-refractivity contribution >= 4 is 11.7 Å². The van der Waals surface area contributed by atoms with Crippen molar-refractivity contribution in [3.63, 3.8) is 0 Å². The third-order valence-corrected chi connectivity index (χ3v) is 4.69. The largest absolute Gasteiger partial charge is 0.337 e. The number of nitrogens with zero attached hydrogens (tertiary/aromatic N) is 5. The van der Waals surface area contributed by atoms with Gasteiger partial charge in [0.25, 0.3) is 0 Å². The van der Waals surface area contributed by atoms with Gasteiger partial charge in [0.1, 0.15) is 12.4 Å². The maximum absolute atomic E-state index is 12.8. The molecule has 0 unspecified atom stereocenters. The molecule has 0 aliphatic rings. The predicted octanol–water partition coefficient (Wildman–Crippen LogP) is 0.985. The molecule has 3 aromatic rings. The molecule has 10 heteroatoms. The molecule has 0 fully saturated rings. The van der Waals surface area contributed by atoms with E-state index in [1.807, 2.05) is 31.2 Å². The molecule has 0 aliphatic carbocycles. The van der Waals surface area contributed by atoms with Crippen molar-refractivity contribution in [1.29, 1.82) is 0 Å². The maximum Gasteiger partial charge on any atom is 0.337 e. The molecule has 166 valence electrons. The number of aryl methyl sites for hydroxylation is 2. The number of rotatable bonds is 8. The second kappa shape index (κ2) is 9.29. The SMILES string of the molecule is C=CCn1c(=O)n(CC=C)c(=O)n(CC(=O)Nc2cc(C)nn2-c2ccc(C)cc2)c1=O. The van der Waals surface area contributed by atoms with Gasteiger partial charge in [0.2, 0.25) is 5.91 Å².